The van der Waals surface area contributed by atoms with E-state index >= 15 is 0 Å². The summed E-state index contributed by atoms with van der Waals surface area (Å²) in [5.74, 6) is 1.07. The van der Waals surface area contributed by atoms with Gasteiger partial charge in [0.05, 0.1) is 11.4 Å². The molecule has 0 spiro atoms. The number of nitrogens with zero attached hydrogens (tertiary/aromatic N) is 1. The third kappa shape index (κ3) is 6.17. The summed E-state index contributed by atoms with van der Waals surface area (Å²) >= 11 is 0. The van der Waals surface area contributed by atoms with Gasteiger partial charge in [0.25, 0.3) is 5.91 Å². The van der Waals surface area contributed by atoms with Crippen molar-refractivity contribution in [3.63, 3.8) is 0 Å². The lowest BCUT2D eigenvalue weighted by atomic mass is 9.78. The van der Waals surface area contributed by atoms with Crippen molar-refractivity contribution in [3.05, 3.63) is 70.9 Å². The highest BCUT2D eigenvalue weighted by molar-refractivity contribution is 6.01. The van der Waals surface area contributed by atoms with Gasteiger partial charge in [-0.3, -0.25) is 4.79 Å². The largest absolute Gasteiger partial charge is 0.352 e. The molecule has 1 amide bonds. The number of amides is 1. The molecule has 1 N–H and O–H groups in total. The van der Waals surface area contributed by atoms with Crippen molar-refractivity contribution in [1.29, 1.82) is 0 Å². The second-order valence-corrected chi connectivity index (χ2v) is 11.8. The zero-order valence-electron chi connectivity index (χ0n) is 23.0. The molecule has 1 saturated carbocycles. The van der Waals surface area contributed by atoms with Crippen molar-refractivity contribution in [2.24, 2.45) is 11.8 Å². The summed E-state index contributed by atoms with van der Waals surface area (Å²) in [5, 5.41) is 3.14. The quantitative estimate of drug-likeness (QED) is 0.383. The summed E-state index contributed by atoms with van der Waals surface area (Å²) in [4.78, 5) is 18.2. The van der Waals surface area contributed by atoms with Crippen LogP contribution in [0.4, 0.5) is 0 Å². The molecule has 3 heteroatoms. The molecule has 1 atom stereocenters. The Bertz CT molecular complexity index is 1110. The molecule has 36 heavy (non-hydrogen) atoms. The number of unbranched alkanes of at least 4 members (excludes halogenated alkanes) is 1. The van der Waals surface area contributed by atoms with Crippen LogP contribution in [0.25, 0.3) is 16.8 Å². The lowest BCUT2D eigenvalue weighted by Crippen LogP contribution is -2.25. The van der Waals surface area contributed by atoms with E-state index in [0.717, 1.165) is 54.2 Å². The Morgan fingerprint density at radius 3 is 2.36 bits per heavy atom. The van der Waals surface area contributed by atoms with Gasteiger partial charge >= 0.3 is 0 Å². The minimum atomic E-state index is 0.0681. The number of allylic oxidation sites excluding steroid dienone is 2. The van der Waals surface area contributed by atoms with Gasteiger partial charge < -0.3 is 5.32 Å². The van der Waals surface area contributed by atoms with Gasteiger partial charge in [-0.25, -0.2) is 4.98 Å². The molecular formula is C33H44N2O. The summed E-state index contributed by atoms with van der Waals surface area (Å²) in [7, 11) is 0. The van der Waals surface area contributed by atoms with Crippen LogP contribution in [0.5, 0.6) is 0 Å². The fourth-order valence-electron chi connectivity index (χ4n) is 5.72. The average molecular weight is 485 g/mol. The van der Waals surface area contributed by atoms with E-state index < -0.39 is 0 Å². The van der Waals surface area contributed by atoms with Crippen LogP contribution >= 0.6 is 0 Å². The topological polar surface area (TPSA) is 42.0 Å². The molecule has 4 rings (SSSR count). The third-order valence-corrected chi connectivity index (χ3v) is 8.07. The number of nitrogens with one attached hydrogen (secondary N) is 1. The van der Waals surface area contributed by atoms with Crippen molar-refractivity contribution in [2.45, 2.75) is 91.4 Å². The van der Waals surface area contributed by atoms with Gasteiger partial charge in [-0.15, -0.1) is 0 Å². The first-order chi connectivity index (χ1) is 17.3. The summed E-state index contributed by atoms with van der Waals surface area (Å²) < 4.78 is 0. The number of carbonyl (C=O) groups is 1. The van der Waals surface area contributed by atoms with Crippen molar-refractivity contribution in [1.82, 2.24) is 10.3 Å². The SMILES string of the molecule is CCCCNC(=O)C1=C(C)C(CC2CCCCC2)C(c2cccc(-c3ccc(C(C)(C)C)cc3)n2)=C1. The fourth-order valence-corrected chi connectivity index (χ4v) is 5.72. The third-order valence-electron chi connectivity index (χ3n) is 8.07. The molecule has 2 aromatic rings. The maximum Gasteiger partial charge on any atom is 0.251 e. The van der Waals surface area contributed by atoms with E-state index in [0.29, 0.717) is 0 Å². The molecule has 1 fully saturated rings. The Labute approximate surface area is 218 Å². The van der Waals surface area contributed by atoms with Crippen LogP contribution in [0.1, 0.15) is 97.2 Å². The first-order valence-electron chi connectivity index (χ1n) is 14.1. The van der Waals surface area contributed by atoms with Gasteiger partial charge in [-0.1, -0.05) is 102 Å². The van der Waals surface area contributed by atoms with Gasteiger partial charge in [-0.05, 0) is 60.4 Å². The molecule has 192 valence electrons. The normalized spacial score (nSPS) is 18.9. The van der Waals surface area contributed by atoms with Gasteiger partial charge in [0.1, 0.15) is 0 Å². The first kappa shape index (κ1) is 26.4. The average Bonchev–Trinajstić information content (AvgIpc) is 3.20. The van der Waals surface area contributed by atoms with Crippen LogP contribution in [0, 0.1) is 11.8 Å². The minimum absolute atomic E-state index is 0.0681. The molecule has 2 aliphatic rings. The highest BCUT2D eigenvalue weighted by Gasteiger charge is 2.32. The maximum atomic E-state index is 13.1. The second kappa shape index (κ2) is 11.6. The number of benzene rings is 1. The summed E-state index contributed by atoms with van der Waals surface area (Å²) in [6.45, 7) is 11.8. The highest BCUT2D eigenvalue weighted by Crippen LogP contribution is 2.44. The van der Waals surface area contributed by atoms with E-state index in [1.54, 1.807) is 0 Å². The van der Waals surface area contributed by atoms with Crippen LogP contribution in [0.15, 0.2) is 59.7 Å². The van der Waals surface area contributed by atoms with E-state index in [9.17, 15) is 4.79 Å². The standard InChI is InChI=1S/C33H44N2O/c1-6-7-20-34-32(36)28-22-29(27(23(28)2)21-24-12-9-8-10-13-24)31-15-11-14-30(35-31)25-16-18-26(19-17-25)33(3,4)5/h11,14-19,22,24,27H,6-10,12-13,20-21H2,1-5H3,(H,34,36). The second-order valence-electron chi connectivity index (χ2n) is 11.8. The van der Waals surface area contributed by atoms with Crippen molar-refractivity contribution in [2.75, 3.05) is 6.54 Å². The molecule has 0 radical (unpaired) electrons. The molecular weight excluding hydrogens is 440 g/mol. The molecule has 1 unspecified atom stereocenters. The van der Waals surface area contributed by atoms with Crippen LogP contribution in [-0.4, -0.2) is 17.4 Å². The monoisotopic (exact) mass is 484 g/mol. The Kier molecular flexibility index (Phi) is 8.49. The van der Waals surface area contributed by atoms with Crippen LogP contribution in [0.3, 0.4) is 0 Å². The molecule has 1 aromatic heterocycles. The van der Waals surface area contributed by atoms with Gasteiger partial charge in [0, 0.05) is 23.6 Å². The molecule has 1 heterocycles. The van der Waals surface area contributed by atoms with E-state index in [1.165, 1.54) is 48.8 Å². The lowest BCUT2D eigenvalue weighted by molar-refractivity contribution is -0.117. The van der Waals surface area contributed by atoms with Crippen molar-refractivity contribution >= 4 is 11.5 Å². The summed E-state index contributed by atoms with van der Waals surface area (Å²) in [6, 6.07) is 15.1. The maximum absolute atomic E-state index is 13.1. The lowest BCUT2D eigenvalue weighted by Gasteiger charge is -2.27. The number of pyridine rings is 1. The summed E-state index contributed by atoms with van der Waals surface area (Å²) in [5.41, 5.74) is 7.86. The predicted octanol–water partition coefficient (Wildman–Crippen LogP) is 8.26. The summed E-state index contributed by atoms with van der Waals surface area (Å²) in [6.07, 6.45) is 12.0. The van der Waals surface area contributed by atoms with E-state index in [1.807, 2.05) is 0 Å². The predicted molar refractivity (Wildman–Crippen MR) is 152 cm³/mol. The Morgan fingerprint density at radius 1 is 1.00 bits per heavy atom. The zero-order chi connectivity index (χ0) is 25.7. The number of aromatic nitrogens is 1. The molecule has 0 aliphatic heterocycles. The van der Waals surface area contributed by atoms with Crippen LogP contribution in [-0.2, 0) is 10.2 Å². The van der Waals surface area contributed by atoms with E-state index in [2.05, 4.69) is 88.5 Å². The van der Waals surface area contributed by atoms with E-state index in [-0.39, 0.29) is 17.2 Å². The van der Waals surface area contributed by atoms with Gasteiger partial charge in [0.15, 0.2) is 0 Å². The van der Waals surface area contributed by atoms with E-state index in [4.69, 9.17) is 4.98 Å². The van der Waals surface area contributed by atoms with Crippen LogP contribution in [0.2, 0.25) is 0 Å². The Hall–Kier alpha value is -2.68. The zero-order valence-corrected chi connectivity index (χ0v) is 23.0. The number of rotatable bonds is 8. The Balaban J connectivity index is 1.64. The Morgan fingerprint density at radius 2 is 1.69 bits per heavy atom. The minimum Gasteiger partial charge on any atom is -0.352 e. The number of hydrogen-bond donors (Lipinski definition) is 1. The van der Waals surface area contributed by atoms with Crippen molar-refractivity contribution < 1.29 is 4.79 Å². The molecule has 1 aromatic carbocycles. The van der Waals surface area contributed by atoms with Gasteiger partial charge in [0.2, 0.25) is 0 Å². The molecule has 0 bridgehead atoms. The molecule has 2 aliphatic carbocycles. The fraction of sp³-hybridized carbons (Fsp3) is 0.515. The van der Waals surface area contributed by atoms with Crippen LogP contribution < -0.4 is 5.32 Å². The number of hydrogen-bond acceptors (Lipinski definition) is 2. The molecule has 0 saturated heterocycles. The van der Waals surface area contributed by atoms with Gasteiger partial charge in [-0.2, -0.15) is 0 Å². The first-order valence-corrected chi connectivity index (χ1v) is 14.1. The number of carbonyl (C=O) groups excluding carboxylic acids is 1. The molecule has 3 nitrogen and oxygen atoms in total. The smallest absolute Gasteiger partial charge is 0.251 e. The highest BCUT2D eigenvalue weighted by atomic mass is 16.1. The van der Waals surface area contributed by atoms with Crippen molar-refractivity contribution in [3.8, 4) is 11.3 Å².